The van der Waals surface area contributed by atoms with Gasteiger partial charge in [-0.25, -0.2) is 0 Å². The Labute approximate surface area is 168 Å². The van der Waals surface area contributed by atoms with Gasteiger partial charge in [0.25, 0.3) is 5.91 Å². The molecule has 0 bridgehead atoms. The summed E-state index contributed by atoms with van der Waals surface area (Å²) in [5.41, 5.74) is 2.61. The van der Waals surface area contributed by atoms with E-state index in [1.165, 1.54) is 0 Å². The van der Waals surface area contributed by atoms with Crippen molar-refractivity contribution in [2.24, 2.45) is 0 Å². The third kappa shape index (κ3) is 4.12. The lowest BCUT2D eigenvalue weighted by molar-refractivity contribution is -0.156. The number of anilines is 1. The Bertz CT molecular complexity index is 850. The molecule has 0 saturated heterocycles. The van der Waals surface area contributed by atoms with Gasteiger partial charge in [0.2, 0.25) is 0 Å². The van der Waals surface area contributed by atoms with Gasteiger partial charge >= 0.3 is 5.97 Å². The normalized spacial score (nSPS) is 15.0. The fourth-order valence-corrected chi connectivity index (χ4v) is 3.92. The topological polar surface area (TPSA) is 55.4 Å². The number of rotatable bonds is 5. The van der Waals surface area contributed by atoms with Crippen molar-refractivity contribution in [3.63, 3.8) is 0 Å². The molecular formula is C21H21Cl2NO3. The van der Waals surface area contributed by atoms with E-state index in [2.05, 4.69) is 5.32 Å². The molecule has 1 aliphatic rings. The molecule has 2 aromatic carbocycles. The third-order valence-electron chi connectivity index (χ3n) is 5.03. The predicted octanol–water partition coefficient (Wildman–Crippen LogP) is 5.21. The molecule has 0 unspecified atom stereocenters. The standard InChI is InChI=1S/C21H21Cl2NO3/c1-13-10-14(2)19(17(23)11-13)24-18(25)12-27-20(26)21(8-3-9-21)15-4-6-16(22)7-5-15/h4-7,10-11H,3,8-9,12H2,1-2H3,(H,24,25). The van der Waals surface area contributed by atoms with Crippen LogP contribution in [0.4, 0.5) is 5.69 Å². The number of hydrogen-bond acceptors (Lipinski definition) is 3. The lowest BCUT2D eigenvalue weighted by Gasteiger charge is -2.39. The summed E-state index contributed by atoms with van der Waals surface area (Å²) < 4.78 is 5.34. The van der Waals surface area contributed by atoms with E-state index in [1.54, 1.807) is 18.2 Å². The lowest BCUT2D eigenvalue weighted by Crippen LogP contribution is -2.44. The summed E-state index contributed by atoms with van der Waals surface area (Å²) in [5.74, 6) is -0.791. The second-order valence-corrected chi connectivity index (χ2v) is 7.85. The fourth-order valence-electron chi connectivity index (χ4n) is 3.43. The second kappa shape index (κ2) is 7.91. The number of hydrogen-bond donors (Lipinski definition) is 1. The van der Waals surface area contributed by atoms with E-state index < -0.39 is 11.3 Å². The van der Waals surface area contributed by atoms with Crippen molar-refractivity contribution in [2.75, 3.05) is 11.9 Å². The van der Waals surface area contributed by atoms with Crippen molar-refractivity contribution in [2.45, 2.75) is 38.5 Å². The third-order valence-corrected chi connectivity index (χ3v) is 5.58. The SMILES string of the molecule is Cc1cc(C)c(NC(=O)COC(=O)C2(c3ccc(Cl)cc3)CCC2)c(Cl)c1. The first kappa shape index (κ1) is 19.7. The minimum absolute atomic E-state index is 0.349. The van der Waals surface area contributed by atoms with Gasteiger partial charge in [-0.1, -0.05) is 47.8 Å². The van der Waals surface area contributed by atoms with Crippen LogP contribution in [0.15, 0.2) is 36.4 Å². The van der Waals surface area contributed by atoms with E-state index in [-0.39, 0.29) is 12.6 Å². The first-order valence-corrected chi connectivity index (χ1v) is 9.57. The van der Waals surface area contributed by atoms with Crippen LogP contribution >= 0.6 is 23.2 Å². The molecule has 4 nitrogen and oxygen atoms in total. The molecule has 27 heavy (non-hydrogen) atoms. The molecule has 0 radical (unpaired) electrons. The van der Waals surface area contributed by atoms with Crippen LogP contribution in [0.25, 0.3) is 0 Å². The van der Waals surface area contributed by atoms with Crippen molar-refractivity contribution in [1.82, 2.24) is 0 Å². The second-order valence-electron chi connectivity index (χ2n) is 7.01. The Morgan fingerprint density at radius 1 is 1.11 bits per heavy atom. The zero-order valence-corrected chi connectivity index (χ0v) is 16.8. The van der Waals surface area contributed by atoms with E-state index >= 15 is 0 Å². The van der Waals surface area contributed by atoms with E-state index in [0.717, 1.165) is 23.1 Å². The molecule has 6 heteroatoms. The summed E-state index contributed by atoms with van der Waals surface area (Å²) in [6.07, 6.45) is 2.36. The molecule has 3 rings (SSSR count). The Balaban J connectivity index is 1.65. The van der Waals surface area contributed by atoms with Crippen LogP contribution in [0, 0.1) is 13.8 Å². The Morgan fingerprint density at radius 2 is 1.78 bits per heavy atom. The highest BCUT2D eigenvalue weighted by atomic mass is 35.5. The molecule has 0 atom stereocenters. The number of nitrogens with one attached hydrogen (secondary N) is 1. The minimum atomic E-state index is -0.678. The molecule has 1 N–H and O–H groups in total. The van der Waals surface area contributed by atoms with Gasteiger partial charge in [-0.2, -0.15) is 0 Å². The molecule has 0 aromatic heterocycles. The number of aryl methyl sites for hydroxylation is 2. The summed E-state index contributed by atoms with van der Waals surface area (Å²) in [7, 11) is 0. The van der Waals surface area contributed by atoms with Crippen LogP contribution in [0.1, 0.15) is 36.0 Å². The monoisotopic (exact) mass is 405 g/mol. The maximum absolute atomic E-state index is 12.7. The summed E-state index contributed by atoms with van der Waals surface area (Å²) >= 11 is 12.1. The van der Waals surface area contributed by atoms with Gasteiger partial charge in [-0.05, 0) is 61.6 Å². The molecule has 1 saturated carbocycles. The lowest BCUT2D eigenvalue weighted by atomic mass is 9.64. The largest absolute Gasteiger partial charge is 0.455 e. The number of halogens is 2. The summed E-state index contributed by atoms with van der Waals surface area (Å²) in [5, 5.41) is 3.81. The first-order chi connectivity index (χ1) is 12.8. The van der Waals surface area contributed by atoms with Crippen LogP contribution in [0.2, 0.25) is 10.0 Å². The molecule has 142 valence electrons. The van der Waals surface area contributed by atoms with Gasteiger partial charge in [0, 0.05) is 5.02 Å². The summed E-state index contributed by atoms with van der Waals surface area (Å²) in [4.78, 5) is 25.0. The molecule has 0 spiro atoms. The zero-order valence-electron chi connectivity index (χ0n) is 15.3. The van der Waals surface area contributed by atoms with Crippen LogP contribution in [-0.4, -0.2) is 18.5 Å². The van der Waals surface area contributed by atoms with Crippen LogP contribution in [0.5, 0.6) is 0 Å². The van der Waals surface area contributed by atoms with Gasteiger partial charge in [0.15, 0.2) is 6.61 Å². The highest BCUT2D eigenvalue weighted by Gasteiger charge is 2.47. The smallest absolute Gasteiger partial charge is 0.317 e. The molecule has 1 amide bonds. The molecular weight excluding hydrogens is 385 g/mol. The fraction of sp³-hybridized carbons (Fsp3) is 0.333. The van der Waals surface area contributed by atoms with Gasteiger partial charge in [0.05, 0.1) is 16.1 Å². The summed E-state index contributed by atoms with van der Waals surface area (Å²) in [6.45, 7) is 3.45. The quantitative estimate of drug-likeness (QED) is 0.694. The molecule has 0 aliphatic heterocycles. The van der Waals surface area contributed by atoms with Gasteiger partial charge in [-0.3, -0.25) is 9.59 Å². The van der Waals surface area contributed by atoms with E-state index in [9.17, 15) is 9.59 Å². The van der Waals surface area contributed by atoms with Crippen LogP contribution in [-0.2, 0) is 19.7 Å². The van der Waals surface area contributed by atoms with Crippen molar-refractivity contribution >= 4 is 40.8 Å². The number of amides is 1. The average Bonchev–Trinajstić information content (AvgIpc) is 2.57. The average molecular weight is 406 g/mol. The molecule has 2 aromatic rings. The van der Waals surface area contributed by atoms with Crippen molar-refractivity contribution in [3.8, 4) is 0 Å². The number of esters is 1. The van der Waals surface area contributed by atoms with Crippen molar-refractivity contribution in [1.29, 1.82) is 0 Å². The van der Waals surface area contributed by atoms with Gasteiger partial charge in [0.1, 0.15) is 0 Å². The van der Waals surface area contributed by atoms with Crippen molar-refractivity contribution < 1.29 is 14.3 Å². The highest BCUT2D eigenvalue weighted by molar-refractivity contribution is 6.34. The van der Waals surface area contributed by atoms with Crippen molar-refractivity contribution in [3.05, 3.63) is 63.1 Å². The predicted molar refractivity (Wildman–Crippen MR) is 107 cm³/mol. The number of carbonyl (C=O) groups is 2. The number of ether oxygens (including phenoxy) is 1. The first-order valence-electron chi connectivity index (χ1n) is 8.82. The van der Waals surface area contributed by atoms with E-state index in [0.29, 0.717) is 28.6 Å². The Morgan fingerprint density at radius 3 is 2.33 bits per heavy atom. The van der Waals surface area contributed by atoms with Crippen LogP contribution < -0.4 is 5.32 Å². The zero-order chi connectivity index (χ0) is 19.6. The van der Waals surface area contributed by atoms with Gasteiger partial charge < -0.3 is 10.1 Å². The molecule has 1 aliphatic carbocycles. The van der Waals surface area contributed by atoms with E-state index in [1.807, 2.05) is 32.0 Å². The van der Waals surface area contributed by atoms with Crippen LogP contribution in [0.3, 0.4) is 0 Å². The maximum Gasteiger partial charge on any atom is 0.317 e. The highest BCUT2D eigenvalue weighted by Crippen LogP contribution is 2.45. The minimum Gasteiger partial charge on any atom is -0.455 e. The molecule has 1 fully saturated rings. The molecule has 0 heterocycles. The van der Waals surface area contributed by atoms with E-state index in [4.69, 9.17) is 27.9 Å². The Hall–Kier alpha value is -2.04. The number of carbonyl (C=O) groups excluding carboxylic acids is 2. The number of benzene rings is 2. The Kier molecular flexibility index (Phi) is 5.78. The maximum atomic E-state index is 12.7. The summed E-state index contributed by atoms with van der Waals surface area (Å²) in [6, 6.07) is 10.9. The van der Waals surface area contributed by atoms with Gasteiger partial charge in [-0.15, -0.1) is 0 Å².